The van der Waals surface area contributed by atoms with Crippen molar-refractivity contribution >= 4 is 16.8 Å². The number of amides is 1. The van der Waals surface area contributed by atoms with Crippen LogP contribution in [0.15, 0.2) is 54.6 Å². The van der Waals surface area contributed by atoms with Crippen LogP contribution in [-0.2, 0) is 0 Å². The number of hydrogen-bond donors (Lipinski definition) is 3. The van der Waals surface area contributed by atoms with E-state index in [0.29, 0.717) is 5.69 Å². The highest BCUT2D eigenvalue weighted by Crippen LogP contribution is 2.28. The first kappa shape index (κ1) is 15.0. The van der Waals surface area contributed by atoms with Gasteiger partial charge in [0.05, 0.1) is 5.52 Å². The minimum atomic E-state index is -0.0288. The van der Waals surface area contributed by atoms with E-state index < -0.39 is 0 Å². The number of piperidine rings is 1. The SMILES string of the molecule is O=C(N[C@H]1CCCNC1)c1cc2cccc(-c3ccccc3)c2[nH]1. The highest BCUT2D eigenvalue weighted by atomic mass is 16.1. The van der Waals surface area contributed by atoms with E-state index in [2.05, 4.69) is 33.8 Å². The molecule has 1 saturated heterocycles. The minimum absolute atomic E-state index is 0.0288. The summed E-state index contributed by atoms with van der Waals surface area (Å²) in [6.07, 6.45) is 2.14. The molecule has 4 nitrogen and oxygen atoms in total. The van der Waals surface area contributed by atoms with Gasteiger partial charge >= 0.3 is 0 Å². The Morgan fingerprint density at radius 3 is 2.75 bits per heavy atom. The van der Waals surface area contributed by atoms with Gasteiger partial charge in [-0.1, -0.05) is 48.5 Å². The van der Waals surface area contributed by atoms with Crippen LogP contribution >= 0.6 is 0 Å². The summed E-state index contributed by atoms with van der Waals surface area (Å²) in [6.45, 7) is 1.89. The predicted octanol–water partition coefficient (Wildman–Crippen LogP) is 3.32. The van der Waals surface area contributed by atoms with Crippen LogP contribution in [0.4, 0.5) is 0 Å². The molecular formula is C20H21N3O. The third kappa shape index (κ3) is 2.93. The lowest BCUT2D eigenvalue weighted by molar-refractivity contribution is 0.0926. The van der Waals surface area contributed by atoms with Crippen LogP contribution in [0.1, 0.15) is 23.3 Å². The predicted molar refractivity (Wildman–Crippen MR) is 97.1 cm³/mol. The summed E-state index contributed by atoms with van der Waals surface area (Å²) >= 11 is 0. The van der Waals surface area contributed by atoms with Crippen LogP contribution in [0.5, 0.6) is 0 Å². The average Bonchev–Trinajstić information content (AvgIpc) is 3.08. The number of benzene rings is 2. The van der Waals surface area contributed by atoms with Crippen molar-refractivity contribution < 1.29 is 4.79 Å². The molecular weight excluding hydrogens is 298 g/mol. The number of para-hydroxylation sites is 1. The Bertz CT molecular complexity index is 848. The van der Waals surface area contributed by atoms with Gasteiger partial charge in [0.2, 0.25) is 0 Å². The van der Waals surface area contributed by atoms with Crippen molar-refractivity contribution in [3.05, 3.63) is 60.3 Å². The third-order valence-corrected chi connectivity index (χ3v) is 4.62. The van der Waals surface area contributed by atoms with Crippen molar-refractivity contribution in [1.82, 2.24) is 15.6 Å². The van der Waals surface area contributed by atoms with E-state index >= 15 is 0 Å². The number of fused-ring (bicyclic) bond motifs is 1. The quantitative estimate of drug-likeness (QED) is 0.693. The number of nitrogens with one attached hydrogen (secondary N) is 3. The van der Waals surface area contributed by atoms with Gasteiger partial charge < -0.3 is 15.6 Å². The fraction of sp³-hybridized carbons (Fsp3) is 0.250. The van der Waals surface area contributed by atoms with Crippen LogP contribution in [0.2, 0.25) is 0 Å². The molecule has 0 spiro atoms. The zero-order valence-corrected chi connectivity index (χ0v) is 13.5. The van der Waals surface area contributed by atoms with Gasteiger partial charge in [-0.3, -0.25) is 4.79 Å². The summed E-state index contributed by atoms with van der Waals surface area (Å²) in [6, 6.07) is 18.5. The second-order valence-electron chi connectivity index (χ2n) is 6.34. The molecule has 4 rings (SSSR count). The van der Waals surface area contributed by atoms with E-state index in [1.54, 1.807) is 0 Å². The monoisotopic (exact) mass is 319 g/mol. The first-order chi connectivity index (χ1) is 11.8. The molecule has 2 heterocycles. The van der Waals surface area contributed by atoms with Crippen molar-refractivity contribution in [2.24, 2.45) is 0 Å². The highest BCUT2D eigenvalue weighted by Gasteiger charge is 2.18. The van der Waals surface area contributed by atoms with E-state index in [0.717, 1.165) is 48.0 Å². The van der Waals surface area contributed by atoms with Crippen LogP contribution in [0.3, 0.4) is 0 Å². The maximum Gasteiger partial charge on any atom is 0.267 e. The number of aromatic nitrogens is 1. The Kier molecular flexibility index (Phi) is 4.05. The van der Waals surface area contributed by atoms with Gasteiger partial charge in [0, 0.05) is 23.5 Å². The molecule has 0 aliphatic carbocycles. The van der Waals surface area contributed by atoms with E-state index in [9.17, 15) is 4.79 Å². The van der Waals surface area contributed by atoms with Gasteiger partial charge in [-0.25, -0.2) is 0 Å². The second-order valence-corrected chi connectivity index (χ2v) is 6.34. The molecule has 24 heavy (non-hydrogen) atoms. The molecule has 3 N–H and O–H groups in total. The maximum absolute atomic E-state index is 12.6. The molecule has 0 saturated carbocycles. The van der Waals surface area contributed by atoms with Crippen LogP contribution < -0.4 is 10.6 Å². The molecule has 1 aliphatic rings. The van der Waals surface area contributed by atoms with Gasteiger partial charge in [-0.2, -0.15) is 0 Å². The largest absolute Gasteiger partial charge is 0.350 e. The Balaban J connectivity index is 1.64. The lowest BCUT2D eigenvalue weighted by atomic mass is 10.0. The molecule has 1 fully saturated rings. The Hall–Kier alpha value is -2.59. The van der Waals surface area contributed by atoms with Crippen LogP contribution in [0.25, 0.3) is 22.0 Å². The molecule has 1 aliphatic heterocycles. The highest BCUT2D eigenvalue weighted by molar-refractivity contribution is 6.02. The zero-order chi connectivity index (χ0) is 16.4. The van der Waals surface area contributed by atoms with Crippen molar-refractivity contribution in [3.8, 4) is 11.1 Å². The molecule has 1 amide bonds. The summed E-state index contributed by atoms with van der Waals surface area (Å²) in [5.74, 6) is -0.0288. The number of carbonyl (C=O) groups excluding carboxylic acids is 1. The summed E-state index contributed by atoms with van der Waals surface area (Å²) in [4.78, 5) is 15.9. The van der Waals surface area contributed by atoms with Crippen molar-refractivity contribution in [2.45, 2.75) is 18.9 Å². The second kappa shape index (κ2) is 6.49. The lowest BCUT2D eigenvalue weighted by Crippen LogP contribution is -2.45. The topological polar surface area (TPSA) is 56.9 Å². The molecule has 0 bridgehead atoms. The average molecular weight is 319 g/mol. The van der Waals surface area contributed by atoms with Crippen molar-refractivity contribution in [3.63, 3.8) is 0 Å². The van der Waals surface area contributed by atoms with Crippen molar-refractivity contribution in [1.29, 1.82) is 0 Å². The molecule has 0 unspecified atom stereocenters. The van der Waals surface area contributed by atoms with Gasteiger partial charge in [-0.15, -0.1) is 0 Å². The molecule has 1 aromatic heterocycles. The molecule has 1 atom stereocenters. The van der Waals surface area contributed by atoms with Crippen LogP contribution in [-0.4, -0.2) is 30.0 Å². The first-order valence-corrected chi connectivity index (χ1v) is 8.50. The van der Waals surface area contributed by atoms with Gasteiger partial charge in [0.25, 0.3) is 5.91 Å². The minimum Gasteiger partial charge on any atom is -0.350 e. The number of hydrogen-bond acceptors (Lipinski definition) is 2. The first-order valence-electron chi connectivity index (χ1n) is 8.50. The van der Waals surface area contributed by atoms with Crippen LogP contribution in [0, 0.1) is 0 Å². The summed E-state index contributed by atoms with van der Waals surface area (Å²) < 4.78 is 0. The summed E-state index contributed by atoms with van der Waals surface area (Å²) in [5, 5.41) is 7.51. The maximum atomic E-state index is 12.6. The molecule has 2 aromatic carbocycles. The fourth-order valence-corrected chi connectivity index (χ4v) is 3.37. The Morgan fingerprint density at radius 1 is 1.08 bits per heavy atom. The summed E-state index contributed by atoms with van der Waals surface area (Å²) in [7, 11) is 0. The number of carbonyl (C=O) groups is 1. The Labute approximate surface area is 141 Å². The smallest absolute Gasteiger partial charge is 0.267 e. The molecule has 4 heteroatoms. The number of rotatable bonds is 3. The zero-order valence-electron chi connectivity index (χ0n) is 13.5. The molecule has 122 valence electrons. The van der Waals surface area contributed by atoms with Crippen molar-refractivity contribution in [2.75, 3.05) is 13.1 Å². The number of aromatic amines is 1. The molecule has 0 radical (unpaired) electrons. The van der Waals surface area contributed by atoms with Gasteiger partial charge in [0.1, 0.15) is 5.69 Å². The standard InChI is InChI=1S/C20H21N3O/c24-20(22-16-9-5-11-21-13-16)18-12-15-8-4-10-17(19(15)23-18)14-6-2-1-3-7-14/h1-4,6-8,10,12,16,21,23H,5,9,11,13H2,(H,22,24)/t16-/m0/s1. The lowest BCUT2D eigenvalue weighted by Gasteiger charge is -2.23. The van der Waals surface area contributed by atoms with Gasteiger partial charge in [0.15, 0.2) is 0 Å². The fourth-order valence-electron chi connectivity index (χ4n) is 3.37. The Morgan fingerprint density at radius 2 is 1.96 bits per heavy atom. The summed E-state index contributed by atoms with van der Waals surface area (Å²) in [5.41, 5.74) is 3.90. The third-order valence-electron chi connectivity index (χ3n) is 4.62. The normalized spacial score (nSPS) is 17.8. The van der Waals surface area contributed by atoms with Gasteiger partial charge in [-0.05, 0) is 31.0 Å². The molecule has 3 aromatic rings. The van der Waals surface area contributed by atoms with E-state index in [-0.39, 0.29) is 11.9 Å². The van der Waals surface area contributed by atoms with E-state index in [1.165, 1.54) is 0 Å². The van der Waals surface area contributed by atoms with E-state index in [1.807, 2.05) is 36.4 Å². The number of H-pyrrole nitrogens is 1. The van der Waals surface area contributed by atoms with E-state index in [4.69, 9.17) is 0 Å².